The summed E-state index contributed by atoms with van der Waals surface area (Å²) in [4.78, 5) is 9.74. The van der Waals surface area contributed by atoms with Gasteiger partial charge in [0.2, 0.25) is 5.71 Å². The summed E-state index contributed by atoms with van der Waals surface area (Å²) < 4.78 is 8.46. The first-order valence-corrected chi connectivity index (χ1v) is 11.6. The monoisotopic (exact) mass is 439 g/mol. The molecule has 7 rings (SSSR count). The van der Waals surface area contributed by atoms with E-state index >= 15 is 0 Å². The van der Waals surface area contributed by atoms with Crippen molar-refractivity contribution < 1.29 is 4.42 Å². The minimum Gasteiger partial charge on any atom is -0.438 e. The Hall–Kier alpha value is -4.44. The summed E-state index contributed by atoms with van der Waals surface area (Å²) in [5.41, 5.74) is 7.97. The molecule has 0 aliphatic carbocycles. The van der Waals surface area contributed by atoms with Crippen LogP contribution in [-0.4, -0.2) is 14.5 Å². The van der Waals surface area contributed by atoms with E-state index in [4.69, 9.17) is 14.4 Å². The maximum atomic E-state index is 6.19. The zero-order chi connectivity index (χ0) is 22.6. The van der Waals surface area contributed by atoms with Crippen LogP contribution in [0.5, 0.6) is 0 Å². The van der Waals surface area contributed by atoms with Gasteiger partial charge in [-0.05, 0) is 42.0 Å². The predicted octanol–water partition coefficient (Wildman–Crippen LogP) is 7.70. The normalized spacial score (nSPS) is 11.8. The SMILES string of the molecule is CCc1nc2ccccc2n1-c1cccc(-c2c3ccccc3nc3oc4ccccc4c23)c1. The molecule has 4 nitrogen and oxygen atoms in total. The van der Waals surface area contributed by atoms with Crippen molar-refractivity contribution in [2.24, 2.45) is 0 Å². The fraction of sp³-hybridized carbons (Fsp3) is 0.0667. The summed E-state index contributed by atoms with van der Waals surface area (Å²) >= 11 is 0. The Morgan fingerprint density at radius 1 is 0.735 bits per heavy atom. The molecule has 4 aromatic carbocycles. The third-order valence-electron chi connectivity index (χ3n) is 6.56. The number of aromatic nitrogens is 3. The van der Waals surface area contributed by atoms with E-state index in [2.05, 4.69) is 78.2 Å². The molecule has 0 amide bonds. The van der Waals surface area contributed by atoms with Crippen LogP contribution in [0, 0.1) is 0 Å². The standard InChI is InChI=1S/C30H21N3O/c1-2-27-31-24-15-6-7-16-25(24)33(27)20-11-9-10-19(18-20)28-21-12-3-5-14-23(21)32-30-29(28)22-13-4-8-17-26(22)34-30/h3-18H,2H2,1H3. The molecule has 0 N–H and O–H groups in total. The number of para-hydroxylation sites is 4. The van der Waals surface area contributed by atoms with Gasteiger partial charge in [-0.3, -0.25) is 4.57 Å². The minimum absolute atomic E-state index is 0.669. The third kappa shape index (κ3) is 2.72. The summed E-state index contributed by atoms with van der Waals surface area (Å²) in [6.45, 7) is 2.15. The van der Waals surface area contributed by atoms with Gasteiger partial charge in [0.1, 0.15) is 11.4 Å². The van der Waals surface area contributed by atoms with Crippen molar-refractivity contribution in [3.8, 4) is 16.8 Å². The molecule has 162 valence electrons. The van der Waals surface area contributed by atoms with E-state index in [1.54, 1.807) is 0 Å². The molecular formula is C30H21N3O. The number of imidazole rings is 1. The molecule has 0 saturated carbocycles. The zero-order valence-corrected chi connectivity index (χ0v) is 18.7. The minimum atomic E-state index is 0.669. The van der Waals surface area contributed by atoms with Crippen molar-refractivity contribution in [1.82, 2.24) is 14.5 Å². The average Bonchev–Trinajstić information content (AvgIpc) is 3.45. The van der Waals surface area contributed by atoms with E-state index in [-0.39, 0.29) is 0 Å². The number of benzene rings is 4. The first-order valence-electron chi connectivity index (χ1n) is 11.6. The maximum Gasteiger partial charge on any atom is 0.228 e. The van der Waals surface area contributed by atoms with Crippen LogP contribution < -0.4 is 0 Å². The Morgan fingerprint density at radius 2 is 1.50 bits per heavy atom. The molecule has 0 spiro atoms. The molecule has 4 heteroatoms. The fourth-order valence-corrected chi connectivity index (χ4v) is 5.08. The van der Waals surface area contributed by atoms with Crippen molar-refractivity contribution >= 4 is 44.0 Å². The van der Waals surface area contributed by atoms with E-state index < -0.39 is 0 Å². The average molecular weight is 440 g/mol. The first kappa shape index (κ1) is 19.1. The second kappa shape index (κ2) is 7.29. The first-order chi connectivity index (χ1) is 16.8. The third-order valence-corrected chi connectivity index (χ3v) is 6.56. The van der Waals surface area contributed by atoms with Crippen LogP contribution in [-0.2, 0) is 6.42 Å². The topological polar surface area (TPSA) is 43.9 Å². The van der Waals surface area contributed by atoms with Crippen molar-refractivity contribution in [3.63, 3.8) is 0 Å². The largest absolute Gasteiger partial charge is 0.438 e. The van der Waals surface area contributed by atoms with Crippen molar-refractivity contribution in [3.05, 3.63) is 103 Å². The van der Waals surface area contributed by atoms with Gasteiger partial charge in [0.15, 0.2) is 0 Å². The fourth-order valence-electron chi connectivity index (χ4n) is 5.08. The van der Waals surface area contributed by atoms with Gasteiger partial charge in [-0.2, -0.15) is 0 Å². The van der Waals surface area contributed by atoms with Crippen LogP contribution in [0.1, 0.15) is 12.7 Å². The molecule has 0 bridgehead atoms. The highest BCUT2D eigenvalue weighted by molar-refractivity contribution is 6.18. The van der Waals surface area contributed by atoms with Crippen molar-refractivity contribution in [2.45, 2.75) is 13.3 Å². The summed E-state index contributed by atoms with van der Waals surface area (Å²) in [6, 6.07) is 33.5. The van der Waals surface area contributed by atoms with Crippen molar-refractivity contribution in [2.75, 3.05) is 0 Å². The number of rotatable bonds is 3. The Kier molecular flexibility index (Phi) is 4.09. The molecular weight excluding hydrogens is 418 g/mol. The Bertz CT molecular complexity index is 1860. The highest BCUT2D eigenvalue weighted by Crippen LogP contribution is 2.40. The number of hydrogen-bond acceptors (Lipinski definition) is 3. The van der Waals surface area contributed by atoms with E-state index in [0.717, 1.165) is 67.4 Å². The number of fused-ring (bicyclic) bond motifs is 5. The van der Waals surface area contributed by atoms with Gasteiger partial charge in [0.05, 0.1) is 21.9 Å². The van der Waals surface area contributed by atoms with Gasteiger partial charge in [0, 0.05) is 28.4 Å². The molecule has 0 atom stereocenters. The Morgan fingerprint density at radius 3 is 2.38 bits per heavy atom. The lowest BCUT2D eigenvalue weighted by atomic mass is 9.96. The zero-order valence-electron chi connectivity index (χ0n) is 18.7. The van der Waals surface area contributed by atoms with Gasteiger partial charge >= 0.3 is 0 Å². The lowest BCUT2D eigenvalue weighted by molar-refractivity contribution is 0.656. The van der Waals surface area contributed by atoms with E-state index in [1.165, 1.54) is 0 Å². The smallest absolute Gasteiger partial charge is 0.228 e. The van der Waals surface area contributed by atoms with Crippen LogP contribution in [0.2, 0.25) is 0 Å². The highest BCUT2D eigenvalue weighted by atomic mass is 16.3. The van der Waals surface area contributed by atoms with Crippen LogP contribution in [0.15, 0.2) is 101 Å². The maximum absolute atomic E-state index is 6.19. The van der Waals surface area contributed by atoms with Gasteiger partial charge in [0.25, 0.3) is 0 Å². The van der Waals surface area contributed by atoms with Gasteiger partial charge in [-0.25, -0.2) is 9.97 Å². The van der Waals surface area contributed by atoms with E-state index in [0.29, 0.717) is 5.71 Å². The summed E-state index contributed by atoms with van der Waals surface area (Å²) in [5, 5.41) is 3.25. The molecule has 7 aromatic rings. The summed E-state index contributed by atoms with van der Waals surface area (Å²) in [7, 11) is 0. The van der Waals surface area contributed by atoms with E-state index in [9.17, 15) is 0 Å². The Balaban J connectivity index is 1.58. The van der Waals surface area contributed by atoms with Crippen LogP contribution in [0.4, 0.5) is 0 Å². The molecule has 0 radical (unpaired) electrons. The quantitative estimate of drug-likeness (QED) is 0.283. The summed E-state index contributed by atoms with van der Waals surface area (Å²) in [6.07, 6.45) is 0.855. The molecule has 3 heterocycles. The molecule has 0 aliphatic rings. The molecule has 0 fully saturated rings. The number of hydrogen-bond donors (Lipinski definition) is 0. The lowest BCUT2D eigenvalue weighted by Gasteiger charge is -2.13. The van der Waals surface area contributed by atoms with Crippen LogP contribution >= 0.6 is 0 Å². The lowest BCUT2D eigenvalue weighted by Crippen LogP contribution is -2.00. The van der Waals surface area contributed by atoms with Gasteiger partial charge < -0.3 is 4.42 Å². The van der Waals surface area contributed by atoms with Crippen LogP contribution in [0.25, 0.3) is 60.8 Å². The molecule has 0 aliphatic heterocycles. The Labute approximate surface area is 196 Å². The van der Waals surface area contributed by atoms with Crippen molar-refractivity contribution in [1.29, 1.82) is 0 Å². The van der Waals surface area contributed by atoms with Crippen LogP contribution in [0.3, 0.4) is 0 Å². The van der Waals surface area contributed by atoms with Gasteiger partial charge in [-0.15, -0.1) is 0 Å². The second-order valence-electron chi connectivity index (χ2n) is 8.54. The molecule has 0 saturated heterocycles. The number of nitrogens with zero attached hydrogens (tertiary/aromatic N) is 3. The molecule has 0 unspecified atom stereocenters. The highest BCUT2D eigenvalue weighted by Gasteiger charge is 2.18. The predicted molar refractivity (Wildman–Crippen MR) is 138 cm³/mol. The second-order valence-corrected chi connectivity index (χ2v) is 8.54. The number of aryl methyl sites for hydroxylation is 1. The molecule has 34 heavy (non-hydrogen) atoms. The van der Waals surface area contributed by atoms with E-state index in [1.807, 2.05) is 30.3 Å². The number of pyridine rings is 1. The van der Waals surface area contributed by atoms with Gasteiger partial charge in [-0.1, -0.05) is 67.6 Å². The summed E-state index contributed by atoms with van der Waals surface area (Å²) in [5.74, 6) is 1.05. The number of furan rings is 1. The molecule has 3 aromatic heterocycles.